The van der Waals surface area contributed by atoms with Crippen LogP contribution in [-0.2, 0) is 9.09 Å². The van der Waals surface area contributed by atoms with Crippen LogP contribution in [0.2, 0.25) is 0 Å². The Balaban J connectivity index is 2.69. The van der Waals surface area contributed by atoms with Crippen LogP contribution in [0.3, 0.4) is 0 Å². The molecule has 1 rings (SSSR count). The highest BCUT2D eigenvalue weighted by Gasteiger charge is 2.23. The number of phosphoric ester groups is 1. The SMILES string of the molecule is O=P(O)(OCCO)Oc1ccccc1O. The molecule has 0 saturated heterocycles. The van der Waals surface area contributed by atoms with Gasteiger partial charge in [-0.15, -0.1) is 0 Å². The Bertz CT molecular complexity index is 366. The largest absolute Gasteiger partial charge is 0.527 e. The molecule has 15 heavy (non-hydrogen) atoms. The summed E-state index contributed by atoms with van der Waals surface area (Å²) in [6.45, 7) is -0.712. The number of phenolic OH excluding ortho intramolecular Hbond substituents is 1. The topological polar surface area (TPSA) is 96.2 Å². The zero-order valence-electron chi connectivity index (χ0n) is 7.74. The predicted octanol–water partition coefficient (Wildman–Crippen LogP) is 0.880. The Morgan fingerprint density at radius 1 is 1.33 bits per heavy atom. The lowest BCUT2D eigenvalue weighted by atomic mass is 10.3. The van der Waals surface area contributed by atoms with Gasteiger partial charge < -0.3 is 14.7 Å². The van der Waals surface area contributed by atoms with Crippen LogP contribution in [0.15, 0.2) is 24.3 Å². The second kappa shape index (κ2) is 5.14. The van der Waals surface area contributed by atoms with Crippen LogP contribution in [0.1, 0.15) is 0 Å². The van der Waals surface area contributed by atoms with Gasteiger partial charge in [0, 0.05) is 0 Å². The molecule has 1 unspecified atom stereocenters. The smallest absolute Gasteiger partial charge is 0.504 e. The summed E-state index contributed by atoms with van der Waals surface area (Å²) in [6, 6.07) is 5.70. The normalized spacial score (nSPS) is 14.5. The number of phenols is 1. The molecule has 3 N–H and O–H groups in total. The number of aliphatic hydroxyl groups is 1. The summed E-state index contributed by atoms with van der Waals surface area (Å²) in [7, 11) is -4.28. The molecule has 0 aliphatic heterocycles. The summed E-state index contributed by atoms with van der Waals surface area (Å²) in [5, 5.41) is 17.6. The first-order valence-electron chi connectivity index (χ1n) is 4.11. The fraction of sp³-hybridized carbons (Fsp3) is 0.250. The molecule has 1 aromatic carbocycles. The first-order chi connectivity index (χ1) is 7.05. The zero-order chi connectivity index (χ0) is 11.3. The third-order valence-corrected chi connectivity index (χ3v) is 2.36. The highest BCUT2D eigenvalue weighted by molar-refractivity contribution is 7.47. The van der Waals surface area contributed by atoms with Crippen molar-refractivity contribution >= 4 is 7.82 Å². The van der Waals surface area contributed by atoms with Gasteiger partial charge in [0.1, 0.15) is 0 Å². The molecule has 0 spiro atoms. The van der Waals surface area contributed by atoms with Crippen molar-refractivity contribution in [1.29, 1.82) is 0 Å². The van der Waals surface area contributed by atoms with Gasteiger partial charge in [-0.25, -0.2) is 4.57 Å². The highest BCUT2D eigenvalue weighted by atomic mass is 31.2. The first-order valence-corrected chi connectivity index (χ1v) is 5.60. The maximum Gasteiger partial charge on any atom is 0.527 e. The average molecular weight is 234 g/mol. The number of aliphatic hydroxyl groups excluding tert-OH is 1. The van der Waals surface area contributed by atoms with Crippen LogP contribution in [-0.4, -0.2) is 28.3 Å². The Morgan fingerprint density at radius 3 is 2.60 bits per heavy atom. The van der Waals surface area contributed by atoms with Gasteiger partial charge >= 0.3 is 7.82 Å². The van der Waals surface area contributed by atoms with E-state index in [0.29, 0.717) is 0 Å². The van der Waals surface area contributed by atoms with E-state index in [1.165, 1.54) is 18.2 Å². The minimum absolute atomic E-state index is 0.152. The number of phosphoric acid groups is 1. The fourth-order valence-electron chi connectivity index (χ4n) is 0.841. The minimum atomic E-state index is -4.28. The second-order valence-corrected chi connectivity index (χ2v) is 3.96. The van der Waals surface area contributed by atoms with Gasteiger partial charge in [0.15, 0.2) is 11.5 Å². The monoisotopic (exact) mass is 234 g/mol. The molecule has 0 aliphatic rings. The highest BCUT2D eigenvalue weighted by Crippen LogP contribution is 2.45. The summed E-state index contributed by atoms with van der Waals surface area (Å²) in [4.78, 5) is 9.11. The zero-order valence-corrected chi connectivity index (χ0v) is 8.63. The van der Waals surface area contributed by atoms with E-state index in [1.807, 2.05) is 0 Å². The van der Waals surface area contributed by atoms with Gasteiger partial charge in [0.25, 0.3) is 0 Å². The third-order valence-electron chi connectivity index (χ3n) is 1.42. The van der Waals surface area contributed by atoms with Crippen LogP contribution in [0, 0.1) is 0 Å². The Kier molecular flexibility index (Phi) is 4.11. The van der Waals surface area contributed by atoms with E-state index in [2.05, 4.69) is 9.05 Å². The molecule has 1 aromatic rings. The standard InChI is InChI=1S/C8H11O6P/c9-5-6-13-15(11,12)14-8-4-2-1-3-7(8)10/h1-4,9-10H,5-6H2,(H,11,12). The quantitative estimate of drug-likeness (QED) is 0.654. The molecule has 0 bridgehead atoms. The summed E-state index contributed by atoms with van der Waals surface area (Å²) in [5.41, 5.74) is 0. The van der Waals surface area contributed by atoms with Gasteiger partial charge in [-0.05, 0) is 12.1 Å². The number of rotatable bonds is 5. The van der Waals surface area contributed by atoms with Gasteiger partial charge in [-0.3, -0.25) is 9.42 Å². The van der Waals surface area contributed by atoms with E-state index in [0.717, 1.165) is 0 Å². The summed E-state index contributed by atoms with van der Waals surface area (Å²) >= 11 is 0. The van der Waals surface area contributed by atoms with Gasteiger partial charge in [-0.1, -0.05) is 12.1 Å². The maximum absolute atomic E-state index is 11.2. The number of hydrogen-bond acceptors (Lipinski definition) is 5. The molecule has 84 valence electrons. The molecule has 0 radical (unpaired) electrons. The average Bonchev–Trinajstić information content (AvgIpc) is 2.18. The predicted molar refractivity (Wildman–Crippen MR) is 51.6 cm³/mol. The van der Waals surface area contributed by atoms with Crippen LogP contribution in [0.25, 0.3) is 0 Å². The molecular weight excluding hydrogens is 223 g/mol. The van der Waals surface area contributed by atoms with Crippen LogP contribution in [0.5, 0.6) is 11.5 Å². The molecule has 0 aliphatic carbocycles. The summed E-state index contributed by atoms with van der Waals surface area (Å²) in [5.74, 6) is -0.416. The van der Waals surface area contributed by atoms with E-state index in [9.17, 15) is 9.67 Å². The molecule has 0 fully saturated rings. The van der Waals surface area contributed by atoms with Crippen molar-refractivity contribution in [2.45, 2.75) is 0 Å². The minimum Gasteiger partial charge on any atom is -0.504 e. The van der Waals surface area contributed by atoms with Crippen LogP contribution < -0.4 is 4.52 Å². The molecule has 0 saturated carbocycles. The molecule has 0 aromatic heterocycles. The molecule has 0 heterocycles. The third kappa shape index (κ3) is 3.89. The van der Waals surface area contributed by atoms with Crippen molar-refractivity contribution in [3.05, 3.63) is 24.3 Å². The summed E-state index contributed by atoms with van der Waals surface area (Å²) in [6.07, 6.45) is 0. The van der Waals surface area contributed by atoms with Crippen LogP contribution >= 0.6 is 7.82 Å². The second-order valence-electron chi connectivity index (χ2n) is 2.58. The van der Waals surface area contributed by atoms with E-state index in [-0.39, 0.29) is 18.1 Å². The van der Waals surface area contributed by atoms with Crippen molar-refractivity contribution in [2.24, 2.45) is 0 Å². The number of hydrogen-bond donors (Lipinski definition) is 3. The van der Waals surface area contributed by atoms with Crippen molar-refractivity contribution in [3.8, 4) is 11.5 Å². The van der Waals surface area contributed by atoms with Crippen molar-refractivity contribution in [3.63, 3.8) is 0 Å². The lowest BCUT2D eigenvalue weighted by molar-refractivity contribution is 0.154. The lowest BCUT2D eigenvalue weighted by Crippen LogP contribution is -2.01. The molecule has 7 heteroatoms. The van der Waals surface area contributed by atoms with Gasteiger partial charge in [0.2, 0.25) is 0 Å². The Hall–Kier alpha value is -1.07. The molecule has 6 nitrogen and oxygen atoms in total. The van der Waals surface area contributed by atoms with Crippen molar-refractivity contribution in [2.75, 3.05) is 13.2 Å². The van der Waals surface area contributed by atoms with E-state index >= 15 is 0 Å². The number of aromatic hydroxyl groups is 1. The lowest BCUT2D eigenvalue weighted by Gasteiger charge is -2.12. The van der Waals surface area contributed by atoms with Gasteiger partial charge in [-0.2, -0.15) is 0 Å². The van der Waals surface area contributed by atoms with Crippen molar-refractivity contribution in [1.82, 2.24) is 0 Å². The fourth-order valence-corrected chi connectivity index (χ4v) is 1.61. The Morgan fingerprint density at radius 2 is 2.00 bits per heavy atom. The molecular formula is C8H11O6P. The first kappa shape index (κ1) is 12.0. The van der Waals surface area contributed by atoms with E-state index in [4.69, 9.17) is 10.00 Å². The summed E-state index contributed by atoms with van der Waals surface area (Å²) < 4.78 is 20.1. The number of para-hydroxylation sites is 2. The molecule has 0 amide bonds. The van der Waals surface area contributed by atoms with E-state index in [1.54, 1.807) is 6.07 Å². The maximum atomic E-state index is 11.2. The van der Waals surface area contributed by atoms with Crippen molar-refractivity contribution < 1.29 is 28.7 Å². The Labute approximate surface area is 86.3 Å². The van der Waals surface area contributed by atoms with E-state index < -0.39 is 14.4 Å². The number of benzene rings is 1. The van der Waals surface area contributed by atoms with Crippen LogP contribution in [0.4, 0.5) is 0 Å². The van der Waals surface area contributed by atoms with Gasteiger partial charge in [0.05, 0.1) is 13.2 Å². The molecule has 1 atom stereocenters.